The van der Waals surface area contributed by atoms with E-state index >= 15 is 0 Å². The number of hydrogen-bond donors (Lipinski definition) is 1. The SMILES string of the molecule is COC(=O)CC1CCC(c2ccc(CC(=O)CCCC(=O)c3nc(-c4c(Cl)cccc4Cl)oc3C(F)(F)F)cc2)CC1.O=C(O)CC1CCC(c2ccc(CC(=O)CCCC(=O)c3nc(-c4c(Cl)cccc4Cl)oc3C(F)(F)F)cc2)CC1. The summed E-state index contributed by atoms with van der Waals surface area (Å²) in [5, 5.41) is 9.08. The van der Waals surface area contributed by atoms with E-state index in [1.165, 1.54) is 49.1 Å². The number of carbonyl (C=O) groups excluding carboxylic acids is 5. The van der Waals surface area contributed by atoms with Crippen LogP contribution in [-0.4, -0.2) is 57.3 Å². The first-order chi connectivity index (χ1) is 39.4. The maximum Gasteiger partial charge on any atom is 0.452 e. The highest BCUT2D eigenvalue weighted by molar-refractivity contribution is 6.39. The fourth-order valence-electron chi connectivity index (χ4n) is 10.6. The number of esters is 1. The van der Waals surface area contributed by atoms with Gasteiger partial charge in [0.1, 0.15) is 11.6 Å². The second-order valence-corrected chi connectivity index (χ2v) is 22.5. The lowest BCUT2D eigenvalue weighted by Crippen LogP contribution is -2.17. The number of Topliss-reactive ketones (excluding diaryl/α,β-unsaturated/α-hetero) is 4. The zero-order valence-corrected chi connectivity index (χ0v) is 47.9. The molecule has 0 amide bonds. The summed E-state index contributed by atoms with van der Waals surface area (Å²) < 4.78 is 96.3. The Hall–Kier alpha value is -6.34. The summed E-state index contributed by atoms with van der Waals surface area (Å²) in [5.41, 5.74) is 2.16. The summed E-state index contributed by atoms with van der Waals surface area (Å²) in [7, 11) is 1.40. The Labute approximate surface area is 494 Å². The number of ketones is 4. The first kappa shape index (κ1) is 64.2. The van der Waals surface area contributed by atoms with Crippen LogP contribution in [0.15, 0.2) is 93.8 Å². The van der Waals surface area contributed by atoms with E-state index < -0.39 is 64.6 Å². The van der Waals surface area contributed by atoms with Gasteiger partial charge in [0.25, 0.3) is 0 Å². The molecule has 2 aliphatic rings. The molecule has 0 radical (unpaired) electrons. The standard InChI is InChI=1S/C31H30Cl2F3NO5.C30H28Cl2F3NO5/c1-41-26(40)17-19-10-14-21(15-11-19)20-12-8-18(9-13-20)16-22(38)4-2-7-25(39)28-29(31(34,35)36)42-30(37-28)27-23(32)5-3-6-24(27)33;31-22-4-2-5-23(32)26(22)29-36-27(28(41-29)30(33,34)35)24(38)6-1-3-21(37)15-17-7-11-19(12-8-17)20-13-9-18(10-14-20)16-25(39)40/h3,5-6,8-9,12-13,19,21H,2,4,7,10-11,14-17H2,1H3;2,4-5,7-8,11-12,18,20H,1,3,6,9-10,13-16H2,(H,39,40). The van der Waals surface area contributed by atoms with Crippen molar-refractivity contribution in [1.29, 1.82) is 0 Å². The predicted octanol–water partition coefficient (Wildman–Crippen LogP) is 17.2. The average Bonchev–Trinajstić information content (AvgIpc) is 3.58. The number of nitrogens with zero attached hydrogens (tertiary/aromatic N) is 2. The Bertz CT molecular complexity index is 3230. The lowest BCUT2D eigenvalue weighted by Gasteiger charge is -2.28. The fraction of sp³-hybridized carbons (Fsp3) is 0.410. The third kappa shape index (κ3) is 17.8. The van der Waals surface area contributed by atoms with E-state index in [4.69, 9.17) is 65.1 Å². The van der Waals surface area contributed by atoms with Crippen LogP contribution in [0.1, 0.15) is 169 Å². The van der Waals surface area contributed by atoms with Crippen LogP contribution in [0.2, 0.25) is 20.1 Å². The van der Waals surface area contributed by atoms with Crippen molar-refractivity contribution in [1.82, 2.24) is 9.97 Å². The number of benzene rings is 4. The van der Waals surface area contributed by atoms with E-state index in [2.05, 4.69) is 9.97 Å². The van der Waals surface area contributed by atoms with Crippen molar-refractivity contribution in [2.24, 2.45) is 11.8 Å². The molecule has 2 heterocycles. The van der Waals surface area contributed by atoms with Gasteiger partial charge in [0, 0.05) is 51.4 Å². The Morgan fingerprint density at radius 2 is 0.880 bits per heavy atom. The largest absolute Gasteiger partial charge is 0.481 e. The van der Waals surface area contributed by atoms with Gasteiger partial charge in [0.15, 0.2) is 23.0 Å². The maximum atomic E-state index is 13.6. The van der Waals surface area contributed by atoms with Gasteiger partial charge < -0.3 is 18.7 Å². The second kappa shape index (κ2) is 29.0. The number of carboxylic acids is 1. The summed E-state index contributed by atoms with van der Waals surface area (Å²) in [6.45, 7) is 0. The molecule has 8 rings (SSSR count). The van der Waals surface area contributed by atoms with E-state index in [1.54, 1.807) is 0 Å². The third-order valence-corrected chi connectivity index (χ3v) is 16.2. The van der Waals surface area contributed by atoms with Crippen molar-refractivity contribution in [3.8, 4) is 22.9 Å². The first-order valence-electron chi connectivity index (χ1n) is 27.0. The van der Waals surface area contributed by atoms with Crippen LogP contribution < -0.4 is 0 Å². The minimum atomic E-state index is -4.97. The highest BCUT2D eigenvalue weighted by atomic mass is 35.5. The van der Waals surface area contributed by atoms with E-state index in [1.807, 2.05) is 48.5 Å². The molecule has 6 aromatic rings. The fourth-order valence-corrected chi connectivity index (χ4v) is 11.7. The van der Waals surface area contributed by atoms with Crippen molar-refractivity contribution in [2.45, 2.75) is 140 Å². The molecule has 0 bridgehead atoms. The van der Waals surface area contributed by atoms with Gasteiger partial charge in [0.05, 0.1) is 38.3 Å². The number of methoxy groups -OCH3 is 1. The van der Waals surface area contributed by atoms with E-state index in [0.717, 1.165) is 68.1 Å². The zero-order chi connectivity index (χ0) is 60.2. The average molecular weight is 1230 g/mol. The van der Waals surface area contributed by atoms with Crippen molar-refractivity contribution < 1.29 is 73.8 Å². The number of carboxylic acid groups (broad SMARTS) is 1. The molecule has 0 saturated heterocycles. The number of ether oxygens (including phenoxy) is 1. The molecule has 12 nitrogen and oxygen atoms in total. The van der Waals surface area contributed by atoms with Gasteiger partial charge in [-0.25, -0.2) is 9.97 Å². The van der Waals surface area contributed by atoms with E-state index in [0.29, 0.717) is 24.2 Å². The highest BCUT2D eigenvalue weighted by Gasteiger charge is 2.43. The number of alkyl halides is 6. The minimum Gasteiger partial charge on any atom is -0.481 e. The molecule has 4 aromatic carbocycles. The van der Waals surface area contributed by atoms with Gasteiger partial charge in [-0.1, -0.05) is 107 Å². The summed E-state index contributed by atoms with van der Waals surface area (Å²) in [4.78, 5) is 80.5. The van der Waals surface area contributed by atoms with Crippen LogP contribution >= 0.6 is 46.4 Å². The van der Waals surface area contributed by atoms with Gasteiger partial charge in [-0.2, -0.15) is 26.3 Å². The molecule has 442 valence electrons. The topological polar surface area (TPSA) is 184 Å². The Morgan fingerprint density at radius 1 is 0.530 bits per heavy atom. The Morgan fingerprint density at radius 3 is 1.20 bits per heavy atom. The molecule has 1 N–H and O–H groups in total. The number of aliphatic carboxylic acids is 1. The van der Waals surface area contributed by atoms with Gasteiger partial charge in [-0.15, -0.1) is 0 Å². The first-order valence-corrected chi connectivity index (χ1v) is 28.5. The molecule has 0 atom stereocenters. The number of aromatic nitrogens is 2. The molecule has 0 aliphatic heterocycles. The summed E-state index contributed by atoms with van der Waals surface area (Å²) in [6.07, 6.45) is -1.90. The number of carbonyl (C=O) groups is 6. The maximum absolute atomic E-state index is 13.6. The summed E-state index contributed by atoms with van der Waals surface area (Å²) in [5.74, 6) is -5.72. The monoisotopic (exact) mass is 1230 g/mol. The van der Waals surface area contributed by atoms with Crippen LogP contribution in [0.4, 0.5) is 26.3 Å². The van der Waals surface area contributed by atoms with Crippen LogP contribution in [0.5, 0.6) is 0 Å². The number of hydrogen-bond acceptors (Lipinski definition) is 11. The lowest BCUT2D eigenvalue weighted by molar-refractivity contribution is -0.153. The molecule has 83 heavy (non-hydrogen) atoms. The third-order valence-electron chi connectivity index (χ3n) is 14.9. The van der Waals surface area contributed by atoms with Crippen LogP contribution in [0, 0.1) is 11.8 Å². The predicted molar refractivity (Wildman–Crippen MR) is 299 cm³/mol. The van der Waals surface area contributed by atoms with Crippen molar-refractivity contribution in [3.05, 3.63) is 150 Å². The molecular formula is C61H58Cl4F6N2O10. The molecule has 0 unspecified atom stereocenters. The second-order valence-electron chi connectivity index (χ2n) is 20.9. The smallest absolute Gasteiger partial charge is 0.452 e. The van der Waals surface area contributed by atoms with Crippen molar-refractivity contribution in [2.75, 3.05) is 7.11 Å². The van der Waals surface area contributed by atoms with Gasteiger partial charge in [0.2, 0.25) is 23.3 Å². The zero-order valence-electron chi connectivity index (χ0n) is 44.9. The molecule has 2 fully saturated rings. The van der Waals surface area contributed by atoms with Crippen LogP contribution in [-0.2, 0) is 49.1 Å². The number of rotatable bonds is 22. The molecule has 22 heteroatoms. The van der Waals surface area contributed by atoms with Crippen molar-refractivity contribution >= 4 is 81.5 Å². The highest BCUT2D eigenvalue weighted by Crippen LogP contribution is 2.43. The Balaban J connectivity index is 0.000000239. The van der Waals surface area contributed by atoms with Gasteiger partial charge >= 0.3 is 24.3 Å². The van der Waals surface area contributed by atoms with Gasteiger partial charge in [-0.3, -0.25) is 28.8 Å². The van der Waals surface area contributed by atoms with Gasteiger partial charge in [-0.05, 0) is 134 Å². The number of oxazole rings is 2. The minimum absolute atomic E-state index is 0.0173. The van der Waals surface area contributed by atoms with E-state index in [9.17, 15) is 55.1 Å². The molecule has 0 spiro atoms. The quantitative estimate of drug-likeness (QED) is 0.0386. The van der Waals surface area contributed by atoms with E-state index in [-0.39, 0.29) is 112 Å². The summed E-state index contributed by atoms with van der Waals surface area (Å²) in [6, 6.07) is 24.3. The van der Waals surface area contributed by atoms with Crippen LogP contribution in [0.25, 0.3) is 22.9 Å². The normalized spacial score (nSPS) is 17.3. The number of halogens is 10. The molecule has 2 saturated carbocycles. The molecular weight excluding hydrogens is 1180 g/mol. The molecule has 2 aliphatic carbocycles. The summed E-state index contributed by atoms with van der Waals surface area (Å²) >= 11 is 24.3. The lowest BCUT2D eigenvalue weighted by atomic mass is 9.77. The Kier molecular flexibility index (Phi) is 22.4. The van der Waals surface area contributed by atoms with Crippen molar-refractivity contribution in [3.63, 3.8) is 0 Å². The van der Waals surface area contributed by atoms with Crippen LogP contribution in [0.3, 0.4) is 0 Å². The molecule has 2 aromatic heterocycles.